The van der Waals surface area contributed by atoms with Gasteiger partial charge >= 0.3 is 5.97 Å². The van der Waals surface area contributed by atoms with E-state index in [9.17, 15) is 24.6 Å². The van der Waals surface area contributed by atoms with Crippen LogP contribution in [0.2, 0.25) is 0 Å². The van der Waals surface area contributed by atoms with Crippen LogP contribution in [0, 0.1) is 0 Å². The standard InChI is InChI=1S/C17H13N3O6S/c21-12(8-4-2-1-3-5-8)15(23)18-10-7-27-6-9(10)14-19-11(17(25)26)13(22)16(24)20-14/h1-7,12,21-22H,(H,18,23)(H,25,26)(H,19,20,24). The van der Waals surface area contributed by atoms with Crippen LogP contribution in [-0.4, -0.2) is 37.2 Å². The van der Waals surface area contributed by atoms with Gasteiger partial charge < -0.3 is 25.6 Å². The van der Waals surface area contributed by atoms with Gasteiger partial charge in [0.15, 0.2) is 11.8 Å². The van der Waals surface area contributed by atoms with Crippen LogP contribution < -0.4 is 10.9 Å². The van der Waals surface area contributed by atoms with E-state index in [1.165, 1.54) is 22.1 Å². The van der Waals surface area contributed by atoms with Crippen LogP contribution in [0.1, 0.15) is 22.2 Å². The first kappa shape index (κ1) is 18.3. The quantitative estimate of drug-likeness (QED) is 0.445. The largest absolute Gasteiger partial charge is 0.501 e. The van der Waals surface area contributed by atoms with Gasteiger partial charge in [0.05, 0.1) is 11.3 Å². The van der Waals surface area contributed by atoms with Crippen LogP contribution in [0.3, 0.4) is 0 Å². The number of nitrogens with zero attached hydrogens (tertiary/aromatic N) is 1. The van der Waals surface area contributed by atoms with E-state index < -0.39 is 35.0 Å². The van der Waals surface area contributed by atoms with E-state index in [0.717, 1.165) is 0 Å². The summed E-state index contributed by atoms with van der Waals surface area (Å²) >= 11 is 1.17. The topological polar surface area (TPSA) is 153 Å². The third-order valence-corrected chi connectivity index (χ3v) is 4.38. The van der Waals surface area contributed by atoms with E-state index in [-0.39, 0.29) is 17.1 Å². The highest BCUT2D eigenvalue weighted by molar-refractivity contribution is 7.08. The van der Waals surface area contributed by atoms with E-state index in [0.29, 0.717) is 5.56 Å². The smallest absolute Gasteiger partial charge is 0.358 e. The number of nitrogens with one attached hydrogen (secondary N) is 2. The molecular formula is C17H13N3O6S. The molecule has 3 rings (SSSR count). The average Bonchev–Trinajstić information content (AvgIpc) is 3.11. The molecule has 0 spiro atoms. The van der Waals surface area contributed by atoms with Crippen molar-refractivity contribution in [3.8, 4) is 17.1 Å². The number of anilines is 1. The lowest BCUT2D eigenvalue weighted by atomic mass is 10.1. The summed E-state index contributed by atoms with van der Waals surface area (Å²) in [5.41, 5.74) is -0.957. The van der Waals surface area contributed by atoms with Gasteiger partial charge in [-0.05, 0) is 5.56 Å². The minimum atomic E-state index is -1.57. The summed E-state index contributed by atoms with van der Waals surface area (Å²) in [4.78, 5) is 41.2. The molecule has 0 aliphatic rings. The molecule has 10 heteroatoms. The summed E-state index contributed by atoms with van der Waals surface area (Å²) in [6.07, 6.45) is -1.42. The number of hydrogen-bond acceptors (Lipinski definition) is 7. The Morgan fingerprint density at radius 1 is 1.19 bits per heavy atom. The van der Waals surface area contributed by atoms with Crippen molar-refractivity contribution in [2.45, 2.75) is 6.10 Å². The molecule has 1 aromatic carbocycles. The van der Waals surface area contributed by atoms with Crippen molar-refractivity contribution < 1.29 is 24.9 Å². The lowest BCUT2D eigenvalue weighted by molar-refractivity contribution is -0.124. The molecule has 138 valence electrons. The van der Waals surface area contributed by atoms with E-state index in [1.807, 2.05) is 0 Å². The number of aliphatic hydroxyl groups is 1. The molecule has 2 heterocycles. The predicted molar refractivity (Wildman–Crippen MR) is 96.8 cm³/mol. The Morgan fingerprint density at radius 3 is 2.56 bits per heavy atom. The van der Waals surface area contributed by atoms with Gasteiger partial charge in [0.1, 0.15) is 5.82 Å². The number of benzene rings is 1. The summed E-state index contributed by atoms with van der Waals surface area (Å²) < 4.78 is 0. The van der Waals surface area contributed by atoms with Crippen LogP contribution in [0.15, 0.2) is 45.9 Å². The van der Waals surface area contributed by atoms with Gasteiger partial charge in [-0.15, -0.1) is 11.3 Å². The van der Waals surface area contributed by atoms with Crippen molar-refractivity contribution in [1.82, 2.24) is 9.97 Å². The summed E-state index contributed by atoms with van der Waals surface area (Å²) in [5, 5.41) is 34.3. The number of carboxylic acids is 1. The maximum atomic E-state index is 12.3. The summed E-state index contributed by atoms with van der Waals surface area (Å²) in [7, 11) is 0. The van der Waals surface area contributed by atoms with Crippen molar-refractivity contribution in [3.05, 3.63) is 62.7 Å². The zero-order chi connectivity index (χ0) is 19.6. The normalized spacial score (nSPS) is 11.7. The van der Waals surface area contributed by atoms with Gasteiger partial charge in [-0.3, -0.25) is 9.59 Å². The molecule has 0 radical (unpaired) electrons. The van der Waals surface area contributed by atoms with Gasteiger partial charge in [-0.2, -0.15) is 0 Å². The highest BCUT2D eigenvalue weighted by Crippen LogP contribution is 2.30. The van der Waals surface area contributed by atoms with Crippen LogP contribution in [0.4, 0.5) is 5.69 Å². The molecule has 5 N–H and O–H groups in total. The van der Waals surface area contributed by atoms with Gasteiger partial charge in [0.2, 0.25) is 5.75 Å². The first-order valence-electron chi connectivity index (χ1n) is 7.55. The van der Waals surface area contributed by atoms with Crippen molar-refractivity contribution >= 4 is 28.9 Å². The van der Waals surface area contributed by atoms with E-state index in [2.05, 4.69) is 15.3 Å². The number of H-pyrrole nitrogens is 1. The predicted octanol–water partition coefficient (Wildman–Crippen LogP) is 1.57. The third-order valence-electron chi connectivity index (χ3n) is 3.64. The Bertz CT molecular complexity index is 1060. The molecule has 27 heavy (non-hydrogen) atoms. The molecule has 1 amide bonds. The molecule has 0 bridgehead atoms. The molecular weight excluding hydrogens is 374 g/mol. The minimum Gasteiger partial charge on any atom is -0.501 e. The molecule has 9 nitrogen and oxygen atoms in total. The molecule has 0 saturated heterocycles. The number of carbonyl (C=O) groups is 2. The van der Waals surface area contributed by atoms with Gasteiger partial charge in [-0.25, -0.2) is 9.78 Å². The minimum absolute atomic E-state index is 0.138. The number of aliphatic hydroxyl groups excluding tert-OH is 1. The number of aromatic hydroxyl groups is 1. The number of hydrogen-bond donors (Lipinski definition) is 5. The molecule has 0 aliphatic heterocycles. The molecule has 0 aliphatic carbocycles. The Kier molecular flexibility index (Phi) is 5.01. The fourth-order valence-electron chi connectivity index (χ4n) is 2.31. The van der Waals surface area contributed by atoms with E-state index in [1.54, 1.807) is 30.3 Å². The number of rotatable bonds is 5. The maximum Gasteiger partial charge on any atom is 0.358 e. The second-order valence-electron chi connectivity index (χ2n) is 5.42. The number of aromatic nitrogens is 2. The Balaban J connectivity index is 1.92. The molecule has 0 saturated carbocycles. The zero-order valence-electron chi connectivity index (χ0n) is 13.5. The fraction of sp³-hybridized carbons (Fsp3) is 0.0588. The first-order valence-corrected chi connectivity index (χ1v) is 8.49. The monoisotopic (exact) mass is 387 g/mol. The van der Waals surface area contributed by atoms with Crippen molar-refractivity contribution in [2.24, 2.45) is 0 Å². The number of carbonyl (C=O) groups excluding carboxylic acids is 1. The summed E-state index contributed by atoms with van der Waals surface area (Å²) in [6.45, 7) is 0. The average molecular weight is 387 g/mol. The summed E-state index contributed by atoms with van der Waals surface area (Å²) in [5.74, 6) is -3.42. The SMILES string of the molecule is O=C(O)c1nc(-c2cscc2NC(=O)C(O)c2ccccc2)[nH]c(=O)c1O. The molecule has 2 aromatic heterocycles. The number of aromatic amines is 1. The first-order chi connectivity index (χ1) is 12.9. The maximum absolute atomic E-state index is 12.3. The van der Waals surface area contributed by atoms with Crippen LogP contribution >= 0.6 is 11.3 Å². The number of aromatic carboxylic acids is 1. The molecule has 1 unspecified atom stereocenters. The number of thiophene rings is 1. The fourth-order valence-corrected chi connectivity index (χ4v) is 3.07. The lowest BCUT2D eigenvalue weighted by Gasteiger charge is -2.12. The third kappa shape index (κ3) is 3.71. The highest BCUT2D eigenvalue weighted by atomic mass is 32.1. The van der Waals surface area contributed by atoms with Crippen molar-refractivity contribution in [3.63, 3.8) is 0 Å². The number of amides is 1. The van der Waals surface area contributed by atoms with Crippen molar-refractivity contribution in [2.75, 3.05) is 5.32 Å². The van der Waals surface area contributed by atoms with Crippen LogP contribution in [0.25, 0.3) is 11.4 Å². The molecule has 3 aromatic rings. The Morgan fingerprint density at radius 2 is 1.89 bits per heavy atom. The van der Waals surface area contributed by atoms with Gasteiger partial charge in [0, 0.05) is 10.8 Å². The molecule has 0 fully saturated rings. The van der Waals surface area contributed by atoms with Crippen LogP contribution in [-0.2, 0) is 4.79 Å². The van der Waals surface area contributed by atoms with Gasteiger partial charge in [-0.1, -0.05) is 30.3 Å². The van der Waals surface area contributed by atoms with Gasteiger partial charge in [0.25, 0.3) is 11.5 Å². The Labute approximate surface area is 155 Å². The second kappa shape index (κ2) is 7.40. The highest BCUT2D eigenvalue weighted by Gasteiger charge is 2.22. The molecule has 1 atom stereocenters. The zero-order valence-corrected chi connectivity index (χ0v) is 14.4. The van der Waals surface area contributed by atoms with Crippen molar-refractivity contribution in [1.29, 1.82) is 0 Å². The van der Waals surface area contributed by atoms with E-state index in [4.69, 9.17) is 5.11 Å². The summed E-state index contributed by atoms with van der Waals surface area (Å²) in [6, 6.07) is 8.30. The van der Waals surface area contributed by atoms with Crippen LogP contribution in [0.5, 0.6) is 5.75 Å². The Hall–Kier alpha value is -3.50. The number of carboxylic acid groups (broad SMARTS) is 1. The second-order valence-corrected chi connectivity index (χ2v) is 6.16. The van der Waals surface area contributed by atoms with E-state index >= 15 is 0 Å². The lowest BCUT2D eigenvalue weighted by Crippen LogP contribution is -2.21.